The van der Waals surface area contributed by atoms with E-state index in [1.54, 1.807) is 18.3 Å². The molecule has 2 aromatic heterocycles. The zero-order valence-corrected chi connectivity index (χ0v) is 10.5. The van der Waals surface area contributed by atoms with E-state index in [2.05, 4.69) is 14.9 Å². The van der Waals surface area contributed by atoms with E-state index >= 15 is 0 Å². The van der Waals surface area contributed by atoms with E-state index in [1.807, 2.05) is 18.3 Å². The number of hydrogen-bond donors (Lipinski definition) is 2. The zero-order valence-electron chi connectivity index (χ0n) is 10.5. The van der Waals surface area contributed by atoms with Crippen molar-refractivity contribution >= 4 is 17.4 Å². The molecule has 19 heavy (non-hydrogen) atoms. The van der Waals surface area contributed by atoms with E-state index in [4.69, 9.17) is 5.73 Å². The molecule has 0 atom stereocenters. The molecular weight excluding hydrogens is 240 g/mol. The summed E-state index contributed by atoms with van der Waals surface area (Å²) in [5.74, 6) is 0.333. The van der Waals surface area contributed by atoms with Crippen molar-refractivity contribution in [2.24, 2.45) is 0 Å². The summed E-state index contributed by atoms with van der Waals surface area (Å²) in [5.41, 5.74) is 6.86. The van der Waals surface area contributed by atoms with Crippen molar-refractivity contribution in [3.05, 3.63) is 42.4 Å². The molecule has 0 unspecified atom stereocenters. The number of nitrogens with two attached hydrogens (primary N) is 1. The van der Waals surface area contributed by atoms with Crippen molar-refractivity contribution in [1.29, 1.82) is 0 Å². The van der Waals surface area contributed by atoms with Crippen molar-refractivity contribution < 1.29 is 4.79 Å². The van der Waals surface area contributed by atoms with Gasteiger partial charge in [-0.05, 0) is 43.5 Å². The number of nitrogen functional groups attached to an aromatic ring is 1. The number of carbonyl (C=O) groups excluding carboxylic acids is 1. The Kier molecular flexibility index (Phi) is 2.95. The molecule has 0 aliphatic heterocycles. The number of nitrogens with zero attached hydrogens (tertiary/aromatic N) is 2. The number of nitrogens with one attached hydrogen (secondary N) is 1. The molecule has 0 bridgehead atoms. The van der Waals surface area contributed by atoms with E-state index in [-0.39, 0.29) is 5.91 Å². The molecule has 98 valence electrons. The van der Waals surface area contributed by atoms with Gasteiger partial charge in [0.25, 0.3) is 5.91 Å². The fourth-order valence-electron chi connectivity index (χ4n) is 2.24. The number of pyridine rings is 1. The van der Waals surface area contributed by atoms with Crippen LogP contribution in [-0.2, 0) is 0 Å². The van der Waals surface area contributed by atoms with Gasteiger partial charge in [-0.25, -0.2) is 4.98 Å². The number of rotatable bonds is 3. The van der Waals surface area contributed by atoms with Gasteiger partial charge in [-0.3, -0.25) is 4.79 Å². The topological polar surface area (TPSA) is 72.9 Å². The molecule has 1 amide bonds. The minimum absolute atomic E-state index is 0.108. The lowest BCUT2D eigenvalue weighted by Gasteiger charge is -2.28. The van der Waals surface area contributed by atoms with Crippen LogP contribution in [0.1, 0.15) is 35.8 Å². The average molecular weight is 256 g/mol. The number of hydrogen-bond acceptors (Lipinski definition) is 3. The predicted octanol–water partition coefficient (Wildman–Crippen LogP) is 2.44. The standard InChI is InChI=1S/C14H16N4O/c15-13-7-6-10(9-16-13)17-14(19)12-5-2-8-18(12)11-3-1-4-11/h2,5-9,11H,1,3-4H2,(H2,15,16)(H,17,19). The second-order valence-corrected chi connectivity index (χ2v) is 4.81. The van der Waals surface area contributed by atoms with Crippen molar-refractivity contribution in [2.75, 3.05) is 11.1 Å². The molecule has 1 fully saturated rings. The van der Waals surface area contributed by atoms with Crippen LogP contribution in [0.4, 0.5) is 11.5 Å². The van der Waals surface area contributed by atoms with Crippen LogP contribution in [0.25, 0.3) is 0 Å². The van der Waals surface area contributed by atoms with Crippen LogP contribution >= 0.6 is 0 Å². The Labute approximate surface area is 111 Å². The van der Waals surface area contributed by atoms with Gasteiger partial charge in [-0.15, -0.1) is 0 Å². The highest BCUT2D eigenvalue weighted by atomic mass is 16.1. The quantitative estimate of drug-likeness (QED) is 0.885. The Balaban J connectivity index is 1.76. The molecular formula is C14H16N4O. The molecule has 2 aromatic rings. The first-order valence-electron chi connectivity index (χ1n) is 6.44. The van der Waals surface area contributed by atoms with Gasteiger partial charge in [0.1, 0.15) is 11.5 Å². The lowest BCUT2D eigenvalue weighted by molar-refractivity contribution is 0.101. The van der Waals surface area contributed by atoms with Crippen molar-refractivity contribution in [2.45, 2.75) is 25.3 Å². The van der Waals surface area contributed by atoms with Crippen molar-refractivity contribution in [3.8, 4) is 0 Å². The van der Waals surface area contributed by atoms with Crippen LogP contribution in [-0.4, -0.2) is 15.5 Å². The highest BCUT2D eigenvalue weighted by Gasteiger charge is 2.23. The van der Waals surface area contributed by atoms with Crippen LogP contribution in [0.2, 0.25) is 0 Å². The van der Waals surface area contributed by atoms with Crippen LogP contribution in [0.15, 0.2) is 36.7 Å². The normalized spacial score (nSPS) is 14.9. The molecule has 1 aliphatic rings. The van der Waals surface area contributed by atoms with Gasteiger partial charge >= 0.3 is 0 Å². The summed E-state index contributed by atoms with van der Waals surface area (Å²) < 4.78 is 2.06. The third kappa shape index (κ3) is 2.31. The third-order valence-electron chi connectivity index (χ3n) is 3.52. The minimum atomic E-state index is -0.108. The highest BCUT2D eigenvalue weighted by molar-refractivity contribution is 6.03. The summed E-state index contributed by atoms with van der Waals surface area (Å²) >= 11 is 0. The SMILES string of the molecule is Nc1ccc(NC(=O)c2cccn2C2CCC2)cn1. The number of amides is 1. The van der Waals surface area contributed by atoms with Crippen LogP contribution in [0, 0.1) is 0 Å². The molecule has 0 radical (unpaired) electrons. The van der Waals surface area contributed by atoms with Crippen LogP contribution < -0.4 is 11.1 Å². The Morgan fingerprint density at radius 1 is 1.37 bits per heavy atom. The lowest BCUT2D eigenvalue weighted by Crippen LogP contribution is -2.23. The molecule has 0 spiro atoms. The fraction of sp³-hybridized carbons (Fsp3) is 0.286. The second-order valence-electron chi connectivity index (χ2n) is 4.81. The lowest BCUT2D eigenvalue weighted by atomic mass is 9.93. The van der Waals surface area contributed by atoms with Gasteiger partial charge < -0.3 is 15.6 Å². The monoisotopic (exact) mass is 256 g/mol. The first-order valence-corrected chi connectivity index (χ1v) is 6.44. The molecule has 3 rings (SSSR count). The van der Waals surface area contributed by atoms with Gasteiger partial charge in [0.05, 0.1) is 11.9 Å². The number of aromatic nitrogens is 2. The maximum absolute atomic E-state index is 12.2. The summed E-state index contributed by atoms with van der Waals surface area (Å²) in [5, 5.41) is 2.84. The maximum atomic E-state index is 12.2. The van der Waals surface area contributed by atoms with E-state index in [0.29, 0.717) is 23.2 Å². The molecule has 1 saturated carbocycles. The molecule has 2 heterocycles. The van der Waals surface area contributed by atoms with Gasteiger partial charge in [0.15, 0.2) is 0 Å². The van der Waals surface area contributed by atoms with Crippen molar-refractivity contribution in [1.82, 2.24) is 9.55 Å². The van der Waals surface area contributed by atoms with E-state index in [9.17, 15) is 4.79 Å². The maximum Gasteiger partial charge on any atom is 0.272 e. The Hall–Kier alpha value is -2.30. The number of anilines is 2. The van der Waals surface area contributed by atoms with Crippen molar-refractivity contribution in [3.63, 3.8) is 0 Å². The predicted molar refractivity (Wildman–Crippen MR) is 73.9 cm³/mol. The molecule has 5 nitrogen and oxygen atoms in total. The second kappa shape index (κ2) is 4.76. The molecule has 5 heteroatoms. The van der Waals surface area contributed by atoms with Gasteiger partial charge in [-0.1, -0.05) is 0 Å². The highest BCUT2D eigenvalue weighted by Crippen LogP contribution is 2.32. The van der Waals surface area contributed by atoms with Gasteiger partial charge in [0, 0.05) is 12.2 Å². The molecule has 0 saturated heterocycles. The minimum Gasteiger partial charge on any atom is -0.384 e. The summed E-state index contributed by atoms with van der Waals surface area (Å²) in [6.07, 6.45) is 7.08. The first-order chi connectivity index (χ1) is 9.24. The van der Waals surface area contributed by atoms with E-state index < -0.39 is 0 Å². The average Bonchev–Trinajstić information content (AvgIpc) is 2.79. The van der Waals surface area contributed by atoms with Gasteiger partial charge in [-0.2, -0.15) is 0 Å². The Morgan fingerprint density at radius 2 is 2.21 bits per heavy atom. The van der Waals surface area contributed by atoms with Gasteiger partial charge in [0.2, 0.25) is 0 Å². The molecule has 0 aromatic carbocycles. The zero-order chi connectivity index (χ0) is 13.2. The van der Waals surface area contributed by atoms with Crippen LogP contribution in [0.3, 0.4) is 0 Å². The molecule has 1 aliphatic carbocycles. The fourth-order valence-corrected chi connectivity index (χ4v) is 2.24. The summed E-state index contributed by atoms with van der Waals surface area (Å²) in [4.78, 5) is 16.2. The summed E-state index contributed by atoms with van der Waals surface area (Å²) in [7, 11) is 0. The first kappa shape index (κ1) is 11.8. The Morgan fingerprint density at radius 3 is 2.84 bits per heavy atom. The Bertz CT molecular complexity index is 584. The smallest absolute Gasteiger partial charge is 0.272 e. The van der Waals surface area contributed by atoms with E-state index in [1.165, 1.54) is 6.42 Å². The summed E-state index contributed by atoms with van der Waals surface area (Å²) in [6.45, 7) is 0. The number of carbonyl (C=O) groups is 1. The van der Waals surface area contributed by atoms with Crippen LogP contribution in [0.5, 0.6) is 0 Å². The largest absolute Gasteiger partial charge is 0.384 e. The molecule has 3 N–H and O–H groups in total. The third-order valence-corrected chi connectivity index (χ3v) is 3.52. The summed E-state index contributed by atoms with van der Waals surface area (Å²) in [6, 6.07) is 7.64. The van der Waals surface area contributed by atoms with E-state index in [0.717, 1.165) is 12.8 Å².